The van der Waals surface area contributed by atoms with E-state index in [9.17, 15) is 14.4 Å². The van der Waals surface area contributed by atoms with E-state index in [1.165, 1.54) is 25.2 Å². The summed E-state index contributed by atoms with van der Waals surface area (Å²) in [6.45, 7) is 0. The van der Waals surface area contributed by atoms with Crippen molar-refractivity contribution in [2.45, 2.75) is 0 Å². The van der Waals surface area contributed by atoms with Crippen molar-refractivity contribution in [3.05, 3.63) is 89.8 Å². The summed E-state index contributed by atoms with van der Waals surface area (Å²) in [7, 11) is 2.46. The lowest BCUT2D eigenvalue weighted by atomic mass is 10.1. The number of primary amides is 1. The topological polar surface area (TPSA) is 108 Å². The van der Waals surface area contributed by atoms with Crippen LogP contribution in [-0.2, 0) is 19.1 Å². The maximum absolute atomic E-state index is 12.6. The second kappa shape index (κ2) is 9.45. The molecule has 1 heterocycles. The Morgan fingerprint density at radius 2 is 1.55 bits per heavy atom. The minimum Gasteiger partial charge on any atom is -0.465 e. The minimum absolute atomic E-state index is 0.0277. The fourth-order valence-corrected chi connectivity index (χ4v) is 2.91. The van der Waals surface area contributed by atoms with E-state index in [2.05, 4.69) is 0 Å². The van der Waals surface area contributed by atoms with Gasteiger partial charge < -0.3 is 24.8 Å². The Kier molecular flexibility index (Phi) is 6.51. The van der Waals surface area contributed by atoms with Crippen molar-refractivity contribution >= 4 is 23.5 Å². The second-order valence-electron chi connectivity index (χ2n) is 6.27. The van der Waals surface area contributed by atoms with E-state index in [-0.39, 0.29) is 11.3 Å². The third-order valence-corrected chi connectivity index (χ3v) is 4.38. The van der Waals surface area contributed by atoms with Crippen molar-refractivity contribution in [2.75, 3.05) is 19.1 Å². The van der Waals surface area contributed by atoms with Crippen molar-refractivity contribution in [3.8, 4) is 11.5 Å². The number of nitrogens with zero attached hydrogens (tertiary/aromatic N) is 1. The molecule has 2 aromatic carbocycles. The van der Waals surface area contributed by atoms with Crippen molar-refractivity contribution in [3.63, 3.8) is 0 Å². The molecule has 0 fully saturated rings. The number of carbonyl (C=O) groups is 3. The molecule has 2 aromatic rings. The summed E-state index contributed by atoms with van der Waals surface area (Å²) in [6.07, 6.45) is 6.36. The van der Waals surface area contributed by atoms with Crippen LogP contribution in [0.4, 0.5) is 5.69 Å². The molecule has 0 saturated carbocycles. The predicted octanol–water partition coefficient (Wildman–Crippen LogP) is 3.07. The third kappa shape index (κ3) is 4.64. The van der Waals surface area contributed by atoms with Gasteiger partial charge in [0.05, 0.1) is 25.5 Å². The lowest BCUT2D eigenvalue weighted by Gasteiger charge is -2.25. The number of allylic oxidation sites excluding steroid dienone is 2. The summed E-state index contributed by atoms with van der Waals surface area (Å²) in [5, 5.41) is 0. The molecule has 2 N–H and O–H groups in total. The summed E-state index contributed by atoms with van der Waals surface area (Å²) >= 11 is 0. The van der Waals surface area contributed by atoms with Gasteiger partial charge in [-0.05, 0) is 48.6 Å². The van der Waals surface area contributed by atoms with Gasteiger partial charge in [-0.3, -0.25) is 4.79 Å². The number of hydrogen-bond donors (Lipinski definition) is 1. The van der Waals surface area contributed by atoms with E-state index >= 15 is 0 Å². The van der Waals surface area contributed by atoms with Gasteiger partial charge in [-0.25, -0.2) is 9.59 Å². The first kappa shape index (κ1) is 21.4. The molecule has 0 radical (unpaired) electrons. The lowest BCUT2D eigenvalue weighted by molar-refractivity contribution is -0.139. The van der Waals surface area contributed by atoms with Crippen LogP contribution in [0.1, 0.15) is 10.4 Å². The molecular weight excluding hydrogens is 400 g/mol. The quantitative estimate of drug-likeness (QED) is 0.716. The Morgan fingerprint density at radius 3 is 2.19 bits per heavy atom. The Labute approximate surface area is 178 Å². The van der Waals surface area contributed by atoms with Gasteiger partial charge in [0.1, 0.15) is 11.4 Å². The highest BCUT2D eigenvalue weighted by molar-refractivity contribution is 6.05. The monoisotopic (exact) mass is 420 g/mol. The summed E-state index contributed by atoms with van der Waals surface area (Å²) < 4.78 is 15.7. The molecule has 1 amide bonds. The zero-order chi connectivity index (χ0) is 22.4. The van der Waals surface area contributed by atoms with Crippen LogP contribution in [0.25, 0.3) is 0 Å². The van der Waals surface area contributed by atoms with Gasteiger partial charge >= 0.3 is 11.9 Å². The summed E-state index contributed by atoms with van der Waals surface area (Å²) in [5.74, 6) is -1.11. The van der Waals surface area contributed by atoms with Crippen LogP contribution in [0.15, 0.2) is 84.2 Å². The van der Waals surface area contributed by atoms with Crippen molar-refractivity contribution in [1.29, 1.82) is 0 Å². The predicted molar refractivity (Wildman–Crippen MR) is 113 cm³/mol. The molecule has 0 aromatic heterocycles. The SMILES string of the molecule is COC(=O)C1=C(C(=O)OC)N(c2ccccc2Oc2ccc(C(N)=O)cc2)C=CC=C1. The van der Waals surface area contributed by atoms with E-state index in [1.807, 2.05) is 0 Å². The van der Waals surface area contributed by atoms with E-state index in [0.29, 0.717) is 22.7 Å². The molecule has 1 aliphatic heterocycles. The van der Waals surface area contributed by atoms with Gasteiger partial charge in [0.15, 0.2) is 5.75 Å². The van der Waals surface area contributed by atoms with Crippen molar-refractivity contribution in [2.24, 2.45) is 5.73 Å². The van der Waals surface area contributed by atoms with Gasteiger partial charge in [0, 0.05) is 11.8 Å². The number of rotatable bonds is 6. The van der Waals surface area contributed by atoms with Crippen LogP contribution in [0.2, 0.25) is 0 Å². The first-order valence-corrected chi connectivity index (χ1v) is 9.18. The largest absolute Gasteiger partial charge is 0.465 e. The van der Waals surface area contributed by atoms with E-state index in [0.717, 1.165) is 0 Å². The standard InChI is InChI=1S/C23H20N2O6/c1-29-22(27)17-7-5-6-14-25(20(17)23(28)30-2)18-8-3-4-9-19(18)31-16-12-10-15(11-13-16)21(24)26/h3-14H,1-2H3,(H2,24,26). The van der Waals surface area contributed by atoms with Gasteiger partial charge in [0.25, 0.3) is 0 Å². The zero-order valence-electron chi connectivity index (χ0n) is 16.9. The molecule has 158 valence electrons. The molecule has 31 heavy (non-hydrogen) atoms. The molecular formula is C23H20N2O6. The molecule has 1 aliphatic rings. The van der Waals surface area contributed by atoms with E-state index in [1.54, 1.807) is 66.9 Å². The number of methoxy groups -OCH3 is 2. The average Bonchev–Trinajstić information content (AvgIpc) is 3.01. The number of para-hydroxylation sites is 2. The van der Waals surface area contributed by atoms with Crippen LogP contribution >= 0.6 is 0 Å². The summed E-state index contributed by atoms with van der Waals surface area (Å²) in [4.78, 5) is 37.7. The maximum Gasteiger partial charge on any atom is 0.355 e. The van der Waals surface area contributed by atoms with E-state index < -0.39 is 17.8 Å². The average molecular weight is 420 g/mol. The Morgan fingerprint density at radius 1 is 0.871 bits per heavy atom. The second-order valence-corrected chi connectivity index (χ2v) is 6.27. The number of nitrogens with two attached hydrogens (primary N) is 1. The Bertz CT molecular complexity index is 1100. The van der Waals surface area contributed by atoms with Crippen LogP contribution < -0.4 is 15.4 Å². The van der Waals surface area contributed by atoms with Crippen LogP contribution in [-0.4, -0.2) is 32.1 Å². The Balaban J connectivity index is 2.07. The fourth-order valence-electron chi connectivity index (χ4n) is 2.91. The summed E-state index contributed by atoms with van der Waals surface area (Å²) in [6, 6.07) is 13.3. The molecule has 0 unspecified atom stereocenters. The van der Waals surface area contributed by atoms with Crippen molar-refractivity contribution < 1.29 is 28.6 Å². The molecule has 3 rings (SSSR count). The molecule has 8 heteroatoms. The highest BCUT2D eigenvalue weighted by Gasteiger charge is 2.28. The first-order chi connectivity index (χ1) is 15.0. The number of amides is 1. The number of benzene rings is 2. The molecule has 8 nitrogen and oxygen atoms in total. The highest BCUT2D eigenvalue weighted by atomic mass is 16.5. The van der Waals surface area contributed by atoms with Gasteiger partial charge in [0.2, 0.25) is 5.91 Å². The zero-order valence-corrected chi connectivity index (χ0v) is 16.9. The fraction of sp³-hybridized carbons (Fsp3) is 0.0870. The van der Waals surface area contributed by atoms with Crippen molar-refractivity contribution in [1.82, 2.24) is 0 Å². The number of hydrogen-bond acceptors (Lipinski definition) is 7. The smallest absolute Gasteiger partial charge is 0.355 e. The number of anilines is 1. The maximum atomic E-state index is 12.6. The molecule has 0 aliphatic carbocycles. The lowest BCUT2D eigenvalue weighted by Crippen LogP contribution is -2.27. The minimum atomic E-state index is -0.725. The normalized spacial score (nSPS) is 12.9. The van der Waals surface area contributed by atoms with Crippen LogP contribution in [0.3, 0.4) is 0 Å². The molecule has 0 bridgehead atoms. The first-order valence-electron chi connectivity index (χ1n) is 9.18. The highest BCUT2D eigenvalue weighted by Crippen LogP contribution is 2.36. The van der Waals surface area contributed by atoms with Crippen LogP contribution in [0, 0.1) is 0 Å². The number of ether oxygens (including phenoxy) is 3. The molecule has 0 spiro atoms. The van der Waals surface area contributed by atoms with Crippen LogP contribution in [0.5, 0.6) is 11.5 Å². The number of esters is 2. The summed E-state index contributed by atoms with van der Waals surface area (Å²) in [5.41, 5.74) is 6.09. The third-order valence-electron chi connectivity index (χ3n) is 4.38. The number of carbonyl (C=O) groups excluding carboxylic acids is 3. The molecule has 0 atom stereocenters. The van der Waals surface area contributed by atoms with Gasteiger partial charge in [-0.15, -0.1) is 0 Å². The van der Waals surface area contributed by atoms with Gasteiger partial charge in [-0.1, -0.05) is 18.2 Å². The van der Waals surface area contributed by atoms with E-state index in [4.69, 9.17) is 19.9 Å². The van der Waals surface area contributed by atoms with Gasteiger partial charge in [-0.2, -0.15) is 0 Å². The molecule has 0 saturated heterocycles. The Hall–Kier alpha value is -4.33.